The van der Waals surface area contributed by atoms with Crippen LogP contribution in [0, 0.1) is 0 Å². The molecule has 0 aliphatic rings. The van der Waals surface area contributed by atoms with Crippen molar-refractivity contribution < 1.29 is 17.2 Å². The van der Waals surface area contributed by atoms with Gasteiger partial charge in [0.25, 0.3) is 0 Å². The maximum absolute atomic E-state index is 11.3. The standard InChI is InChI=1S/C34H68O4S.H3N/c1-3-5-7-9-11-13-15-17-18-19-21-23-25-27-29-31-33-34(38-39(35,36)37)32-30-28-26-24-22-20-16-14-12-10-8-6-4-2;/h17-18,34H,3-16,19-33H2,1-2H3,(H,35,36,37);1H3/b18-17-;. The molecule has 1 unspecified atom stereocenters. The first-order chi connectivity index (χ1) is 19.0. The average Bonchev–Trinajstić information content (AvgIpc) is 2.90. The number of hydrogen-bond donors (Lipinski definition) is 2. The Morgan fingerprint density at radius 3 is 1.07 bits per heavy atom. The SMILES string of the molecule is CCCCCCCC/C=C\CCCCCCCCC(CCCCCCCCCCCCCCC)OS(=O)(=O)O.N. The molecule has 0 heterocycles. The molecule has 4 N–H and O–H groups in total. The highest BCUT2D eigenvalue weighted by Gasteiger charge is 2.16. The smallest absolute Gasteiger partial charge is 0.344 e. The van der Waals surface area contributed by atoms with Gasteiger partial charge in [-0.2, -0.15) is 8.42 Å². The molecule has 0 spiro atoms. The monoisotopic (exact) mass is 590 g/mol. The Balaban J connectivity index is 0. The van der Waals surface area contributed by atoms with E-state index in [9.17, 15) is 13.0 Å². The number of rotatable bonds is 32. The first kappa shape index (κ1) is 41.7. The minimum absolute atomic E-state index is 0. The molecule has 0 aromatic heterocycles. The third kappa shape index (κ3) is 35.6. The Labute approximate surface area is 251 Å². The van der Waals surface area contributed by atoms with Crippen LogP contribution in [0.4, 0.5) is 0 Å². The molecule has 0 rings (SSSR count). The molecule has 0 amide bonds. The van der Waals surface area contributed by atoms with Crippen molar-refractivity contribution in [3.63, 3.8) is 0 Å². The predicted molar refractivity (Wildman–Crippen MR) is 176 cm³/mol. The van der Waals surface area contributed by atoms with E-state index < -0.39 is 10.4 Å². The molecule has 0 saturated heterocycles. The summed E-state index contributed by atoms with van der Waals surface area (Å²) in [4.78, 5) is 0. The molecule has 0 saturated carbocycles. The molecule has 0 radical (unpaired) electrons. The van der Waals surface area contributed by atoms with Crippen LogP contribution in [0.25, 0.3) is 0 Å². The van der Waals surface area contributed by atoms with Crippen LogP contribution >= 0.6 is 0 Å². The fraction of sp³-hybridized carbons (Fsp3) is 0.941. The molecule has 0 aliphatic heterocycles. The minimum atomic E-state index is -4.37. The lowest BCUT2D eigenvalue weighted by molar-refractivity contribution is 0.157. The topological polar surface area (TPSA) is 98.6 Å². The van der Waals surface area contributed by atoms with Crippen molar-refractivity contribution in [3.8, 4) is 0 Å². The molecule has 242 valence electrons. The summed E-state index contributed by atoms with van der Waals surface area (Å²) >= 11 is 0. The zero-order chi connectivity index (χ0) is 28.7. The lowest BCUT2D eigenvalue weighted by Crippen LogP contribution is -2.18. The van der Waals surface area contributed by atoms with Gasteiger partial charge >= 0.3 is 10.4 Å². The molecule has 6 heteroatoms. The van der Waals surface area contributed by atoms with Crippen molar-refractivity contribution in [2.24, 2.45) is 0 Å². The van der Waals surface area contributed by atoms with Gasteiger partial charge in [-0.25, -0.2) is 4.18 Å². The Bertz CT molecular complexity index is 609. The summed E-state index contributed by atoms with van der Waals surface area (Å²) in [6.07, 6.45) is 40.4. The van der Waals surface area contributed by atoms with Crippen molar-refractivity contribution in [2.75, 3.05) is 0 Å². The highest BCUT2D eigenvalue weighted by Crippen LogP contribution is 2.19. The van der Waals surface area contributed by atoms with Crippen molar-refractivity contribution in [1.29, 1.82) is 0 Å². The van der Waals surface area contributed by atoms with Crippen molar-refractivity contribution in [2.45, 2.75) is 206 Å². The van der Waals surface area contributed by atoms with Gasteiger partial charge in [-0.15, -0.1) is 0 Å². The van der Waals surface area contributed by atoms with E-state index in [0.717, 1.165) is 38.5 Å². The zero-order valence-electron chi connectivity index (χ0n) is 27.0. The average molecular weight is 590 g/mol. The van der Waals surface area contributed by atoms with Gasteiger partial charge in [-0.05, 0) is 38.5 Å². The molecule has 0 fully saturated rings. The van der Waals surface area contributed by atoms with Crippen LogP contribution in [0.15, 0.2) is 12.2 Å². The largest absolute Gasteiger partial charge is 0.397 e. The Kier molecular flexibility index (Phi) is 34.5. The summed E-state index contributed by atoms with van der Waals surface area (Å²) in [5, 5.41) is 0. The van der Waals surface area contributed by atoms with E-state index in [1.807, 2.05) is 0 Å². The summed E-state index contributed by atoms with van der Waals surface area (Å²) in [6, 6.07) is 0. The van der Waals surface area contributed by atoms with E-state index >= 15 is 0 Å². The summed E-state index contributed by atoms with van der Waals surface area (Å²) in [5.41, 5.74) is 0. The van der Waals surface area contributed by atoms with Gasteiger partial charge in [-0.3, -0.25) is 4.55 Å². The lowest BCUT2D eigenvalue weighted by atomic mass is 10.0. The molecule has 1 atom stereocenters. The number of unbranched alkanes of at least 4 members (excludes halogenated alkanes) is 24. The van der Waals surface area contributed by atoms with Crippen LogP contribution in [-0.2, 0) is 14.6 Å². The van der Waals surface area contributed by atoms with E-state index in [-0.39, 0.29) is 12.3 Å². The van der Waals surface area contributed by atoms with Gasteiger partial charge in [-0.1, -0.05) is 174 Å². The fourth-order valence-corrected chi connectivity index (χ4v) is 5.96. The van der Waals surface area contributed by atoms with Crippen LogP contribution in [0.5, 0.6) is 0 Å². The molecule has 5 nitrogen and oxygen atoms in total. The predicted octanol–water partition coefficient (Wildman–Crippen LogP) is 12.2. The molecule has 0 aromatic carbocycles. The van der Waals surface area contributed by atoms with Crippen molar-refractivity contribution in [3.05, 3.63) is 12.2 Å². The van der Waals surface area contributed by atoms with Crippen LogP contribution in [-0.4, -0.2) is 19.1 Å². The summed E-state index contributed by atoms with van der Waals surface area (Å²) < 4.78 is 36.7. The zero-order valence-corrected chi connectivity index (χ0v) is 27.8. The second-order valence-corrected chi connectivity index (χ2v) is 13.0. The van der Waals surface area contributed by atoms with Crippen LogP contribution in [0.2, 0.25) is 0 Å². The van der Waals surface area contributed by atoms with Gasteiger partial charge in [0.05, 0.1) is 6.10 Å². The Morgan fingerprint density at radius 2 is 0.775 bits per heavy atom. The Morgan fingerprint density at radius 1 is 0.500 bits per heavy atom. The molecular weight excluding hydrogens is 518 g/mol. The van der Waals surface area contributed by atoms with E-state index in [4.69, 9.17) is 4.18 Å². The summed E-state index contributed by atoms with van der Waals surface area (Å²) in [5.74, 6) is 0. The van der Waals surface area contributed by atoms with E-state index in [2.05, 4.69) is 26.0 Å². The molecule has 0 aromatic rings. The van der Waals surface area contributed by atoms with Gasteiger partial charge in [0, 0.05) is 0 Å². The maximum Gasteiger partial charge on any atom is 0.397 e. The van der Waals surface area contributed by atoms with E-state index in [1.165, 1.54) is 148 Å². The minimum Gasteiger partial charge on any atom is -0.344 e. The van der Waals surface area contributed by atoms with Crippen molar-refractivity contribution in [1.82, 2.24) is 6.15 Å². The van der Waals surface area contributed by atoms with Gasteiger partial charge in [0.1, 0.15) is 0 Å². The second kappa shape index (κ2) is 33.1. The molecule has 0 aliphatic carbocycles. The second-order valence-electron chi connectivity index (χ2n) is 11.9. The quantitative estimate of drug-likeness (QED) is 0.0462. The fourth-order valence-electron chi connectivity index (χ4n) is 5.42. The maximum atomic E-state index is 11.3. The van der Waals surface area contributed by atoms with Gasteiger partial charge < -0.3 is 6.15 Å². The first-order valence-corrected chi connectivity index (χ1v) is 18.7. The van der Waals surface area contributed by atoms with Gasteiger partial charge in [0.15, 0.2) is 0 Å². The summed E-state index contributed by atoms with van der Waals surface area (Å²) in [7, 11) is -4.37. The van der Waals surface area contributed by atoms with Crippen molar-refractivity contribution >= 4 is 10.4 Å². The van der Waals surface area contributed by atoms with Crippen LogP contribution < -0.4 is 6.15 Å². The third-order valence-corrected chi connectivity index (χ3v) is 8.44. The van der Waals surface area contributed by atoms with E-state index in [1.54, 1.807) is 0 Å². The highest BCUT2D eigenvalue weighted by atomic mass is 32.3. The number of allylic oxidation sites excluding steroid dienone is 2. The van der Waals surface area contributed by atoms with Crippen LogP contribution in [0.3, 0.4) is 0 Å². The normalized spacial score (nSPS) is 12.7. The Hall–Kier alpha value is -0.430. The highest BCUT2D eigenvalue weighted by molar-refractivity contribution is 7.80. The third-order valence-electron chi connectivity index (χ3n) is 7.93. The summed E-state index contributed by atoms with van der Waals surface area (Å²) in [6.45, 7) is 4.53. The molecule has 40 heavy (non-hydrogen) atoms. The number of hydrogen-bond acceptors (Lipinski definition) is 4. The lowest BCUT2D eigenvalue weighted by Gasteiger charge is -2.15. The molecule has 0 bridgehead atoms. The van der Waals surface area contributed by atoms with Crippen LogP contribution in [0.1, 0.15) is 200 Å². The van der Waals surface area contributed by atoms with E-state index in [0.29, 0.717) is 0 Å². The first-order valence-electron chi connectivity index (χ1n) is 17.3. The van der Waals surface area contributed by atoms with Gasteiger partial charge in [0.2, 0.25) is 0 Å². The molecular formula is C34H71NO4S.